The van der Waals surface area contributed by atoms with E-state index in [1.165, 1.54) is 67.5 Å². The number of sulfonamides is 2. The van der Waals surface area contributed by atoms with Gasteiger partial charge in [0, 0.05) is 100 Å². The van der Waals surface area contributed by atoms with Gasteiger partial charge in [0.15, 0.2) is 10.3 Å². The van der Waals surface area contributed by atoms with Crippen molar-refractivity contribution in [3.63, 3.8) is 0 Å². The van der Waals surface area contributed by atoms with Gasteiger partial charge in [0.1, 0.15) is 5.75 Å². The van der Waals surface area contributed by atoms with Gasteiger partial charge in [-0.3, -0.25) is 20.2 Å². The number of nitro benzene ring substituents is 2. The second-order valence-electron chi connectivity index (χ2n) is 14.7. The molecule has 0 atom stereocenters. The average Bonchev–Trinajstić information content (AvgIpc) is 3.97. The van der Waals surface area contributed by atoms with Gasteiger partial charge >= 0.3 is 0 Å². The van der Waals surface area contributed by atoms with Crippen molar-refractivity contribution in [3.8, 4) is 5.75 Å². The number of piperazine rings is 2. The molecule has 4 aromatic carbocycles. The molecule has 6 aromatic rings. The summed E-state index contributed by atoms with van der Waals surface area (Å²) in [6.45, 7) is 5.29. The number of rotatable bonds is 13. The van der Waals surface area contributed by atoms with E-state index in [0.29, 0.717) is 45.7 Å². The Balaban J connectivity index is 0.000000189. The topological polar surface area (TPSA) is 203 Å². The van der Waals surface area contributed by atoms with E-state index in [9.17, 15) is 37.1 Å². The third-order valence-corrected chi connectivity index (χ3v) is 16.1. The zero-order valence-electron chi connectivity index (χ0n) is 34.3. The molecular formula is C42H44N8O9S4. The summed E-state index contributed by atoms with van der Waals surface area (Å²) in [6, 6.07) is 26.6. The molecule has 0 aliphatic carbocycles. The van der Waals surface area contributed by atoms with E-state index in [1.54, 1.807) is 18.4 Å². The SMILES string of the molecule is COc1cccc(Cc2csc(N3CCN(S(=O)(=O)c4cccc([N+](=O)[O-])c4)CC3)n2)c1.Cc1cccc(Cc2csc(N3CCN(S(=O)(=O)c4cccc([N+](=O)[O-])c4)CC3)n2)c1. The first kappa shape index (κ1) is 45.2. The Morgan fingerprint density at radius 3 is 1.46 bits per heavy atom. The van der Waals surface area contributed by atoms with Gasteiger partial charge in [-0.15, -0.1) is 22.7 Å². The summed E-state index contributed by atoms with van der Waals surface area (Å²) in [5.41, 5.74) is 5.01. The molecule has 0 N–H and O–H groups in total. The number of nitro groups is 2. The van der Waals surface area contributed by atoms with Crippen LogP contribution in [0.3, 0.4) is 0 Å². The fourth-order valence-electron chi connectivity index (χ4n) is 7.12. The van der Waals surface area contributed by atoms with E-state index in [-0.39, 0.29) is 34.3 Å². The van der Waals surface area contributed by atoms with Crippen molar-refractivity contribution in [2.45, 2.75) is 29.6 Å². The maximum Gasteiger partial charge on any atom is 0.270 e. The smallest absolute Gasteiger partial charge is 0.270 e. The molecule has 2 aliphatic rings. The molecule has 17 nitrogen and oxygen atoms in total. The molecule has 0 bridgehead atoms. The minimum Gasteiger partial charge on any atom is -0.497 e. The number of hydrogen-bond donors (Lipinski definition) is 0. The Morgan fingerprint density at radius 2 is 1.03 bits per heavy atom. The van der Waals surface area contributed by atoms with E-state index < -0.39 is 29.9 Å². The molecule has 63 heavy (non-hydrogen) atoms. The number of thiazole rings is 2. The summed E-state index contributed by atoms with van der Waals surface area (Å²) < 4.78 is 59.7. The molecule has 0 radical (unpaired) electrons. The third-order valence-electron chi connectivity index (χ3n) is 10.4. The lowest BCUT2D eigenvalue weighted by Crippen LogP contribution is -2.48. The number of hydrogen-bond acceptors (Lipinski definition) is 15. The molecular weight excluding hydrogens is 889 g/mol. The van der Waals surface area contributed by atoms with Crippen LogP contribution in [0.2, 0.25) is 0 Å². The molecule has 0 unspecified atom stereocenters. The predicted octanol–water partition coefficient (Wildman–Crippen LogP) is 6.62. The number of aromatic nitrogens is 2. The minimum absolute atomic E-state index is 0.0511. The van der Waals surface area contributed by atoms with Gasteiger partial charge in [-0.1, -0.05) is 54.1 Å². The number of aryl methyl sites for hydroxylation is 1. The van der Waals surface area contributed by atoms with Crippen LogP contribution < -0.4 is 14.5 Å². The first-order valence-corrected chi connectivity index (χ1v) is 24.4. The Bertz CT molecular complexity index is 2800. The molecule has 330 valence electrons. The summed E-state index contributed by atoms with van der Waals surface area (Å²) in [5.74, 6) is 0.805. The second-order valence-corrected chi connectivity index (χ2v) is 20.3. The van der Waals surface area contributed by atoms with Crippen molar-refractivity contribution >= 4 is 64.4 Å². The van der Waals surface area contributed by atoms with E-state index in [0.717, 1.165) is 51.5 Å². The Labute approximate surface area is 373 Å². The van der Waals surface area contributed by atoms with E-state index in [2.05, 4.69) is 34.9 Å². The Hall–Kier alpha value is -5.84. The Kier molecular flexibility index (Phi) is 14.1. The van der Waals surface area contributed by atoms with Gasteiger partial charge in [-0.05, 0) is 42.3 Å². The molecule has 21 heteroatoms. The highest BCUT2D eigenvalue weighted by Crippen LogP contribution is 2.29. The van der Waals surface area contributed by atoms with Gasteiger partial charge < -0.3 is 14.5 Å². The van der Waals surface area contributed by atoms with Crippen LogP contribution in [-0.4, -0.2) is 105 Å². The van der Waals surface area contributed by atoms with Crippen molar-refractivity contribution in [2.75, 3.05) is 69.3 Å². The molecule has 2 aromatic heterocycles. The molecule has 2 fully saturated rings. The number of anilines is 2. The molecule has 0 saturated carbocycles. The van der Waals surface area contributed by atoms with Crippen LogP contribution in [0.4, 0.5) is 21.6 Å². The van der Waals surface area contributed by atoms with Gasteiger partial charge in [-0.25, -0.2) is 26.8 Å². The van der Waals surface area contributed by atoms with Crippen molar-refractivity contribution < 1.29 is 31.4 Å². The highest BCUT2D eigenvalue weighted by atomic mass is 32.2. The molecule has 0 amide bonds. The van der Waals surface area contributed by atoms with E-state index in [1.807, 2.05) is 41.1 Å². The lowest BCUT2D eigenvalue weighted by Gasteiger charge is -2.33. The van der Waals surface area contributed by atoms with E-state index in [4.69, 9.17) is 14.7 Å². The van der Waals surface area contributed by atoms with Crippen molar-refractivity contribution in [1.82, 2.24) is 18.6 Å². The molecule has 2 aliphatic heterocycles. The lowest BCUT2D eigenvalue weighted by molar-refractivity contribution is -0.385. The van der Waals surface area contributed by atoms with Crippen LogP contribution in [0, 0.1) is 27.2 Å². The first-order chi connectivity index (χ1) is 30.2. The highest BCUT2D eigenvalue weighted by Gasteiger charge is 2.32. The van der Waals surface area contributed by atoms with Gasteiger partial charge in [0.2, 0.25) is 20.0 Å². The van der Waals surface area contributed by atoms with Crippen molar-refractivity contribution in [3.05, 3.63) is 156 Å². The van der Waals surface area contributed by atoms with Gasteiger partial charge in [-0.2, -0.15) is 8.61 Å². The van der Waals surface area contributed by atoms with Crippen LogP contribution in [-0.2, 0) is 32.9 Å². The summed E-state index contributed by atoms with van der Waals surface area (Å²) >= 11 is 3.10. The quantitative estimate of drug-likeness (QED) is 0.0884. The highest BCUT2D eigenvalue weighted by molar-refractivity contribution is 7.89. The number of nitrogens with zero attached hydrogens (tertiary/aromatic N) is 8. The lowest BCUT2D eigenvalue weighted by atomic mass is 10.1. The maximum atomic E-state index is 12.9. The van der Waals surface area contributed by atoms with E-state index >= 15 is 0 Å². The number of methoxy groups -OCH3 is 1. The normalized spacial score (nSPS) is 15.1. The van der Waals surface area contributed by atoms with Crippen LogP contribution in [0.5, 0.6) is 5.75 Å². The van der Waals surface area contributed by atoms with Crippen molar-refractivity contribution in [1.29, 1.82) is 0 Å². The summed E-state index contributed by atoms with van der Waals surface area (Å²) in [4.78, 5) is 34.3. The summed E-state index contributed by atoms with van der Waals surface area (Å²) in [5, 5.41) is 27.8. The van der Waals surface area contributed by atoms with Gasteiger partial charge in [0.05, 0.1) is 38.1 Å². The average molecular weight is 933 g/mol. The molecule has 0 spiro atoms. The number of benzene rings is 4. The van der Waals surface area contributed by atoms with Crippen LogP contribution in [0.15, 0.2) is 118 Å². The zero-order valence-corrected chi connectivity index (χ0v) is 37.6. The number of ether oxygens (including phenoxy) is 1. The molecule has 8 rings (SSSR count). The fourth-order valence-corrected chi connectivity index (χ4v) is 11.8. The minimum atomic E-state index is -3.79. The monoisotopic (exact) mass is 932 g/mol. The summed E-state index contributed by atoms with van der Waals surface area (Å²) in [6.07, 6.45) is 1.45. The van der Waals surface area contributed by atoms with Gasteiger partial charge in [0.25, 0.3) is 11.4 Å². The molecule has 4 heterocycles. The zero-order chi connectivity index (χ0) is 44.7. The standard InChI is InChI=1S/C21H22N4O5S2.C21H22N4O4S2/c1-30-19-6-2-4-16(13-19)12-17-15-31-21(22-17)23-8-10-24(11-9-23)32(28,29)20-7-3-5-18(14-20)25(26)27;1-16-4-2-5-17(12-16)13-18-15-30-21(22-18)23-8-10-24(11-9-23)31(28,29)20-7-3-6-19(14-20)25(26)27/h2-7,13-15H,8-12H2,1H3;2-7,12,14-15H,8-11,13H2,1H3. The summed E-state index contributed by atoms with van der Waals surface area (Å²) in [7, 11) is -5.93. The largest absolute Gasteiger partial charge is 0.497 e. The van der Waals surface area contributed by atoms with Crippen LogP contribution in [0.1, 0.15) is 28.1 Å². The fraction of sp³-hybridized carbons (Fsp3) is 0.286. The third kappa shape index (κ3) is 11.0. The van der Waals surface area contributed by atoms with Crippen LogP contribution in [0.25, 0.3) is 0 Å². The van der Waals surface area contributed by atoms with Crippen LogP contribution >= 0.6 is 22.7 Å². The predicted molar refractivity (Wildman–Crippen MR) is 242 cm³/mol. The Morgan fingerprint density at radius 1 is 0.603 bits per heavy atom. The van der Waals surface area contributed by atoms with Crippen molar-refractivity contribution in [2.24, 2.45) is 0 Å². The maximum absolute atomic E-state index is 12.9. The second kappa shape index (κ2) is 19.7. The first-order valence-electron chi connectivity index (χ1n) is 19.8. The molecule has 2 saturated heterocycles. The number of non-ortho nitro benzene ring substituents is 2.